The SMILES string of the molecule is Cc1cn([C@H]2O[C@H](COC(=O)C(C)N)[C@@](C)(O)[C@@]2(C)F)c(=O)[nH]c1=O. The van der Waals surface area contributed by atoms with Crippen LogP contribution >= 0.6 is 0 Å². The Kier molecular flexibility index (Phi) is 4.90. The molecule has 1 aliphatic rings. The number of aryl methyl sites for hydroxylation is 1. The van der Waals surface area contributed by atoms with Gasteiger partial charge in [0, 0.05) is 11.8 Å². The molecule has 25 heavy (non-hydrogen) atoms. The Bertz CT molecular complexity index is 782. The summed E-state index contributed by atoms with van der Waals surface area (Å²) in [6.07, 6.45) is -1.62. The van der Waals surface area contributed by atoms with Gasteiger partial charge in [-0.05, 0) is 27.7 Å². The van der Waals surface area contributed by atoms with Gasteiger partial charge in [-0.25, -0.2) is 9.18 Å². The molecule has 1 aromatic heterocycles. The van der Waals surface area contributed by atoms with Crippen molar-refractivity contribution < 1.29 is 23.8 Å². The number of hydrogen-bond donors (Lipinski definition) is 3. The molecular weight excluding hydrogens is 337 g/mol. The zero-order chi connectivity index (χ0) is 19.2. The van der Waals surface area contributed by atoms with E-state index in [-0.39, 0.29) is 5.56 Å². The third kappa shape index (κ3) is 3.24. The van der Waals surface area contributed by atoms with Gasteiger partial charge in [0.2, 0.25) is 0 Å². The molecular formula is C15H22FN3O6. The van der Waals surface area contributed by atoms with Gasteiger partial charge in [0.1, 0.15) is 24.4 Å². The number of halogens is 1. The predicted octanol–water partition coefficient (Wildman–Crippen LogP) is -0.888. The number of H-pyrrole nitrogens is 1. The number of esters is 1. The molecule has 0 aromatic carbocycles. The fraction of sp³-hybridized carbons (Fsp3) is 0.667. The molecule has 1 unspecified atom stereocenters. The van der Waals surface area contributed by atoms with Gasteiger partial charge in [-0.15, -0.1) is 0 Å². The number of nitrogens with two attached hydrogens (primary N) is 1. The second-order valence-electron chi connectivity index (χ2n) is 6.60. The minimum absolute atomic E-state index is 0.172. The van der Waals surface area contributed by atoms with Crippen molar-refractivity contribution in [2.45, 2.75) is 57.3 Å². The summed E-state index contributed by atoms with van der Waals surface area (Å²) in [5.74, 6) is -0.736. The van der Waals surface area contributed by atoms with E-state index < -0.39 is 53.5 Å². The molecule has 2 heterocycles. The fourth-order valence-corrected chi connectivity index (χ4v) is 2.56. The van der Waals surface area contributed by atoms with E-state index in [4.69, 9.17) is 15.2 Å². The average molecular weight is 359 g/mol. The molecule has 10 heteroatoms. The Hall–Kier alpha value is -2.04. The second-order valence-corrected chi connectivity index (χ2v) is 6.60. The van der Waals surface area contributed by atoms with Crippen molar-refractivity contribution in [1.82, 2.24) is 9.55 Å². The summed E-state index contributed by atoms with van der Waals surface area (Å²) < 4.78 is 26.5. The molecule has 0 bridgehead atoms. The van der Waals surface area contributed by atoms with Crippen LogP contribution in [0.25, 0.3) is 0 Å². The lowest BCUT2D eigenvalue weighted by Crippen LogP contribution is -2.53. The summed E-state index contributed by atoms with van der Waals surface area (Å²) in [5, 5.41) is 10.6. The Labute approximate surface area is 142 Å². The van der Waals surface area contributed by atoms with E-state index in [0.717, 1.165) is 17.7 Å². The van der Waals surface area contributed by atoms with Crippen LogP contribution in [0, 0.1) is 6.92 Å². The Morgan fingerprint density at radius 3 is 2.72 bits per heavy atom. The zero-order valence-corrected chi connectivity index (χ0v) is 14.4. The van der Waals surface area contributed by atoms with Crippen molar-refractivity contribution in [2.24, 2.45) is 5.73 Å². The molecule has 1 aliphatic heterocycles. The van der Waals surface area contributed by atoms with E-state index in [2.05, 4.69) is 4.98 Å². The van der Waals surface area contributed by atoms with Crippen molar-refractivity contribution in [3.63, 3.8) is 0 Å². The maximum atomic E-state index is 15.3. The number of ether oxygens (including phenoxy) is 2. The molecule has 5 atom stereocenters. The second kappa shape index (κ2) is 6.36. The first-order valence-corrected chi connectivity index (χ1v) is 7.70. The number of carbonyl (C=O) groups is 1. The van der Waals surface area contributed by atoms with Crippen LogP contribution in [0.3, 0.4) is 0 Å². The third-order valence-electron chi connectivity index (χ3n) is 4.52. The first-order chi connectivity index (χ1) is 11.4. The van der Waals surface area contributed by atoms with E-state index in [9.17, 15) is 19.5 Å². The van der Waals surface area contributed by atoms with Gasteiger partial charge < -0.3 is 20.3 Å². The summed E-state index contributed by atoms with van der Waals surface area (Å²) in [7, 11) is 0. The number of alkyl halides is 1. The molecule has 1 aromatic rings. The van der Waals surface area contributed by atoms with Gasteiger partial charge in [-0.2, -0.15) is 0 Å². The predicted molar refractivity (Wildman–Crippen MR) is 84.7 cm³/mol. The molecule has 0 saturated carbocycles. The van der Waals surface area contributed by atoms with Crippen molar-refractivity contribution in [2.75, 3.05) is 6.61 Å². The van der Waals surface area contributed by atoms with E-state index >= 15 is 4.39 Å². The number of aromatic nitrogens is 2. The molecule has 0 spiro atoms. The molecule has 0 amide bonds. The smallest absolute Gasteiger partial charge is 0.330 e. The van der Waals surface area contributed by atoms with E-state index in [1.54, 1.807) is 0 Å². The lowest BCUT2D eigenvalue weighted by Gasteiger charge is -2.33. The Morgan fingerprint density at radius 1 is 1.56 bits per heavy atom. The number of hydrogen-bond acceptors (Lipinski definition) is 7. The van der Waals surface area contributed by atoms with Crippen LogP contribution in [0.4, 0.5) is 4.39 Å². The van der Waals surface area contributed by atoms with Gasteiger partial charge in [0.25, 0.3) is 5.56 Å². The summed E-state index contributed by atoms with van der Waals surface area (Å²) in [6, 6.07) is -0.886. The quantitative estimate of drug-likeness (QED) is 0.593. The van der Waals surface area contributed by atoms with E-state index in [1.165, 1.54) is 20.8 Å². The van der Waals surface area contributed by atoms with Crippen LogP contribution < -0.4 is 17.0 Å². The summed E-state index contributed by atoms with van der Waals surface area (Å²) >= 11 is 0. The highest BCUT2D eigenvalue weighted by molar-refractivity contribution is 5.74. The van der Waals surface area contributed by atoms with Crippen LogP contribution in [0.5, 0.6) is 0 Å². The Morgan fingerprint density at radius 2 is 2.16 bits per heavy atom. The zero-order valence-electron chi connectivity index (χ0n) is 14.4. The molecule has 0 aliphatic carbocycles. The molecule has 0 radical (unpaired) electrons. The lowest BCUT2D eigenvalue weighted by atomic mass is 9.84. The molecule has 1 fully saturated rings. The number of aliphatic hydroxyl groups is 1. The van der Waals surface area contributed by atoms with Gasteiger partial charge in [0.05, 0.1) is 0 Å². The highest BCUT2D eigenvalue weighted by Crippen LogP contribution is 2.47. The fourth-order valence-electron chi connectivity index (χ4n) is 2.56. The Balaban J connectivity index is 2.36. The maximum Gasteiger partial charge on any atom is 0.330 e. The summed E-state index contributed by atoms with van der Waals surface area (Å²) in [6.45, 7) is 4.67. The van der Waals surface area contributed by atoms with Crippen LogP contribution in [-0.2, 0) is 14.3 Å². The van der Waals surface area contributed by atoms with E-state index in [1.807, 2.05) is 0 Å². The third-order valence-corrected chi connectivity index (χ3v) is 4.52. The average Bonchev–Trinajstić information content (AvgIpc) is 2.67. The minimum Gasteiger partial charge on any atom is -0.462 e. The largest absolute Gasteiger partial charge is 0.462 e. The van der Waals surface area contributed by atoms with Crippen molar-refractivity contribution in [3.8, 4) is 0 Å². The van der Waals surface area contributed by atoms with Gasteiger partial charge in [-0.1, -0.05) is 0 Å². The van der Waals surface area contributed by atoms with Gasteiger partial charge in [0.15, 0.2) is 11.9 Å². The molecule has 1 saturated heterocycles. The summed E-state index contributed by atoms with van der Waals surface area (Å²) in [4.78, 5) is 37.0. The standard InChI is InChI=1S/C15H22FN3O6/c1-7-5-19(13(22)18-10(7)20)12-14(3,16)15(4,23)9(25-12)6-24-11(21)8(2)17/h5,8-9,12,23H,6,17H2,1-4H3,(H,18,20,22)/t8?,9-,12+,14+,15-/m1/s1. The highest BCUT2D eigenvalue weighted by atomic mass is 19.1. The topological polar surface area (TPSA) is 137 Å². The van der Waals surface area contributed by atoms with E-state index in [0.29, 0.717) is 0 Å². The normalized spacial score (nSPS) is 33.2. The minimum atomic E-state index is -2.41. The van der Waals surface area contributed by atoms with Crippen LogP contribution in [-0.4, -0.2) is 50.6 Å². The van der Waals surface area contributed by atoms with Crippen LogP contribution in [0.2, 0.25) is 0 Å². The van der Waals surface area contributed by atoms with Gasteiger partial charge in [-0.3, -0.25) is 19.1 Å². The maximum absolute atomic E-state index is 15.3. The van der Waals surface area contributed by atoms with Crippen molar-refractivity contribution in [1.29, 1.82) is 0 Å². The monoisotopic (exact) mass is 359 g/mol. The number of nitrogens with zero attached hydrogens (tertiary/aromatic N) is 1. The lowest BCUT2D eigenvalue weighted by molar-refractivity contribution is -0.154. The van der Waals surface area contributed by atoms with Crippen molar-refractivity contribution >= 4 is 5.97 Å². The number of rotatable bonds is 4. The van der Waals surface area contributed by atoms with Crippen molar-refractivity contribution in [3.05, 3.63) is 32.6 Å². The summed E-state index contributed by atoms with van der Waals surface area (Å²) in [5.41, 5.74) is -0.413. The number of aromatic amines is 1. The van der Waals surface area contributed by atoms with Crippen LogP contribution in [0.1, 0.15) is 32.6 Å². The number of nitrogens with one attached hydrogen (secondary N) is 1. The molecule has 140 valence electrons. The first kappa shape index (κ1) is 19.3. The molecule has 2 rings (SSSR count). The van der Waals surface area contributed by atoms with Crippen LogP contribution in [0.15, 0.2) is 15.8 Å². The van der Waals surface area contributed by atoms with Gasteiger partial charge >= 0.3 is 11.7 Å². The number of carbonyl (C=O) groups excluding carboxylic acids is 1. The molecule has 9 nitrogen and oxygen atoms in total. The first-order valence-electron chi connectivity index (χ1n) is 7.70. The highest BCUT2D eigenvalue weighted by Gasteiger charge is 2.63. The molecule has 4 N–H and O–H groups in total.